The third-order valence-corrected chi connectivity index (χ3v) is 5.60. The maximum atomic E-state index is 12.2. The van der Waals surface area contributed by atoms with E-state index in [1.807, 2.05) is 54.6 Å². The number of rotatable bonds is 7. The molecule has 2 aromatic rings. The van der Waals surface area contributed by atoms with Gasteiger partial charge in [-0.1, -0.05) is 36.9 Å². The highest BCUT2D eigenvalue weighted by molar-refractivity contribution is 7.97. The average Bonchev–Trinajstić information content (AvgIpc) is 2.76. The third kappa shape index (κ3) is 6.66. The molecule has 1 aliphatic rings. The molecule has 1 saturated heterocycles. The van der Waals surface area contributed by atoms with Crippen LogP contribution in [0.25, 0.3) is 0 Å². The maximum Gasteiger partial charge on any atom is 0.409 e. The Morgan fingerprint density at radius 2 is 1.72 bits per heavy atom. The van der Waals surface area contributed by atoms with Crippen molar-refractivity contribution in [2.45, 2.75) is 11.3 Å². The van der Waals surface area contributed by atoms with Gasteiger partial charge in [0.15, 0.2) is 0 Å². The van der Waals surface area contributed by atoms with Crippen molar-refractivity contribution in [3.8, 4) is 0 Å². The molecule has 0 spiro atoms. The van der Waals surface area contributed by atoms with Crippen molar-refractivity contribution in [2.75, 3.05) is 38.1 Å². The Bertz CT molecular complexity index is 819. The summed E-state index contributed by atoms with van der Waals surface area (Å²) in [6, 6.07) is 17.7. The SMILES string of the molecule is C=CC(=O)Nc1ccc(SN2CCN(C(=O)OCCc3ccccc3)CC2)cc1. The number of carbonyl (C=O) groups excluding carboxylic acids is 2. The maximum absolute atomic E-state index is 12.2. The zero-order valence-electron chi connectivity index (χ0n) is 16.3. The van der Waals surface area contributed by atoms with Crippen LogP contribution in [-0.4, -0.2) is 54.0 Å². The van der Waals surface area contributed by atoms with Crippen LogP contribution in [0, 0.1) is 0 Å². The van der Waals surface area contributed by atoms with Gasteiger partial charge in [0.1, 0.15) is 0 Å². The van der Waals surface area contributed by atoms with Crippen LogP contribution in [0.15, 0.2) is 72.1 Å². The van der Waals surface area contributed by atoms with Crippen LogP contribution in [0.3, 0.4) is 0 Å². The van der Waals surface area contributed by atoms with E-state index in [1.165, 1.54) is 6.08 Å². The fraction of sp³-hybridized carbons (Fsp3) is 0.273. The number of hydrogen-bond donors (Lipinski definition) is 1. The van der Waals surface area contributed by atoms with Crippen molar-refractivity contribution in [1.29, 1.82) is 0 Å². The van der Waals surface area contributed by atoms with Crippen LogP contribution in [0.5, 0.6) is 0 Å². The summed E-state index contributed by atoms with van der Waals surface area (Å²) in [5.74, 6) is -0.225. The van der Waals surface area contributed by atoms with Gasteiger partial charge >= 0.3 is 6.09 Å². The van der Waals surface area contributed by atoms with Gasteiger partial charge < -0.3 is 15.0 Å². The topological polar surface area (TPSA) is 61.9 Å². The number of amides is 2. The number of nitrogens with one attached hydrogen (secondary N) is 1. The minimum Gasteiger partial charge on any atom is -0.449 e. The summed E-state index contributed by atoms with van der Waals surface area (Å²) < 4.78 is 7.64. The molecule has 0 saturated carbocycles. The lowest BCUT2D eigenvalue weighted by atomic mass is 10.2. The molecule has 152 valence electrons. The fourth-order valence-electron chi connectivity index (χ4n) is 2.90. The van der Waals surface area contributed by atoms with Gasteiger partial charge in [-0.25, -0.2) is 9.10 Å². The minimum atomic E-state index is -0.243. The van der Waals surface area contributed by atoms with Gasteiger partial charge in [-0.05, 0) is 47.9 Å². The fourth-order valence-corrected chi connectivity index (χ4v) is 3.80. The van der Waals surface area contributed by atoms with E-state index in [9.17, 15) is 9.59 Å². The first kappa shape index (κ1) is 21.0. The van der Waals surface area contributed by atoms with Crippen molar-refractivity contribution < 1.29 is 14.3 Å². The monoisotopic (exact) mass is 411 g/mol. The van der Waals surface area contributed by atoms with Crippen molar-refractivity contribution >= 4 is 29.6 Å². The number of piperazine rings is 1. The Labute approximate surface area is 175 Å². The molecule has 0 aromatic heterocycles. The lowest BCUT2D eigenvalue weighted by Crippen LogP contribution is -2.46. The molecule has 0 unspecified atom stereocenters. The second-order valence-electron chi connectivity index (χ2n) is 6.58. The summed E-state index contributed by atoms with van der Waals surface area (Å²) in [5.41, 5.74) is 1.90. The second kappa shape index (κ2) is 10.7. The van der Waals surface area contributed by atoms with Crippen molar-refractivity contribution in [3.63, 3.8) is 0 Å². The average molecular weight is 412 g/mol. The summed E-state index contributed by atoms with van der Waals surface area (Å²) in [4.78, 5) is 26.4. The van der Waals surface area contributed by atoms with E-state index in [4.69, 9.17) is 4.74 Å². The highest BCUT2D eigenvalue weighted by atomic mass is 32.2. The van der Waals surface area contributed by atoms with E-state index in [2.05, 4.69) is 16.2 Å². The number of anilines is 1. The smallest absolute Gasteiger partial charge is 0.409 e. The molecule has 3 rings (SSSR count). The van der Waals surface area contributed by atoms with Crippen LogP contribution in [0.1, 0.15) is 5.56 Å². The molecule has 29 heavy (non-hydrogen) atoms. The van der Waals surface area contributed by atoms with Gasteiger partial charge in [-0.3, -0.25) is 4.79 Å². The number of nitrogens with zero attached hydrogens (tertiary/aromatic N) is 2. The van der Waals surface area contributed by atoms with Crippen LogP contribution in [-0.2, 0) is 16.0 Å². The van der Waals surface area contributed by atoms with Gasteiger partial charge in [-0.2, -0.15) is 0 Å². The number of ether oxygens (including phenoxy) is 1. The Kier molecular flexibility index (Phi) is 7.72. The number of hydrogen-bond acceptors (Lipinski definition) is 5. The first-order chi connectivity index (χ1) is 14.1. The molecule has 0 atom stereocenters. The number of carbonyl (C=O) groups is 2. The van der Waals surface area contributed by atoms with Crippen molar-refractivity contribution in [1.82, 2.24) is 9.21 Å². The Morgan fingerprint density at radius 1 is 1.03 bits per heavy atom. The van der Waals surface area contributed by atoms with E-state index < -0.39 is 0 Å². The molecule has 1 N–H and O–H groups in total. The molecular weight excluding hydrogens is 386 g/mol. The molecule has 1 fully saturated rings. The molecule has 2 amide bonds. The van der Waals surface area contributed by atoms with Crippen LogP contribution >= 0.6 is 11.9 Å². The zero-order chi connectivity index (χ0) is 20.5. The largest absolute Gasteiger partial charge is 0.449 e. The first-order valence-corrected chi connectivity index (χ1v) is 10.3. The Morgan fingerprint density at radius 3 is 2.38 bits per heavy atom. The third-order valence-electron chi connectivity index (χ3n) is 4.50. The quantitative estimate of drug-likeness (QED) is 0.554. The van der Waals surface area contributed by atoms with Crippen LogP contribution in [0.4, 0.5) is 10.5 Å². The summed E-state index contributed by atoms with van der Waals surface area (Å²) in [6.45, 7) is 6.67. The van der Waals surface area contributed by atoms with E-state index >= 15 is 0 Å². The Balaban J connectivity index is 1.38. The highest BCUT2D eigenvalue weighted by Crippen LogP contribution is 2.25. The normalized spacial score (nSPS) is 14.3. The predicted molar refractivity (Wildman–Crippen MR) is 116 cm³/mol. The summed E-state index contributed by atoms with van der Waals surface area (Å²) in [6.07, 6.45) is 1.73. The molecule has 2 aromatic carbocycles. The standard InChI is InChI=1S/C22H25N3O3S/c1-2-21(26)23-19-8-10-20(11-9-19)29-25-15-13-24(14-16-25)22(27)28-17-12-18-6-4-3-5-7-18/h2-11H,1,12-17H2,(H,23,26). The Hall–Kier alpha value is -2.77. The molecule has 6 nitrogen and oxygen atoms in total. The molecule has 0 bridgehead atoms. The van der Waals surface area contributed by atoms with Crippen LogP contribution in [0.2, 0.25) is 0 Å². The minimum absolute atomic E-state index is 0.225. The van der Waals surface area contributed by atoms with Gasteiger partial charge in [0, 0.05) is 43.2 Å². The van der Waals surface area contributed by atoms with Gasteiger partial charge in [0.2, 0.25) is 5.91 Å². The predicted octanol–water partition coefficient (Wildman–Crippen LogP) is 3.82. The molecule has 1 aliphatic heterocycles. The molecule has 7 heteroatoms. The summed E-state index contributed by atoms with van der Waals surface area (Å²) in [5, 5.41) is 2.73. The highest BCUT2D eigenvalue weighted by Gasteiger charge is 2.22. The molecular formula is C22H25N3O3S. The lowest BCUT2D eigenvalue weighted by Gasteiger charge is -2.33. The summed E-state index contributed by atoms with van der Waals surface area (Å²) in [7, 11) is 0. The zero-order valence-corrected chi connectivity index (χ0v) is 17.1. The lowest BCUT2D eigenvalue weighted by molar-refractivity contribution is -0.111. The molecule has 1 heterocycles. The first-order valence-electron chi connectivity index (χ1n) is 9.56. The van der Waals surface area contributed by atoms with Gasteiger partial charge in [0.25, 0.3) is 0 Å². The summed E-state index contributed by atoms with van der Waals surface area (Å²) >= 11 is 1.65. The number of benzene rings is 2. The van der Waals surface area contributed by atoms with E-state index in [-0.39, 0.29) is 12.0 Å². The van der Waals surface area contributed by atoms with Gasteiger partial charge in [-0.15, -0.1) is 0 Å². The molecule has 0 aliphatic carbocycles. The van der Waals surface area contributed by atoms with Crippen molar-refractivity contribution in [2.24, 2.45) is 0 Å². The molecule has 0 radical (unpaired) electrons. The van der Waals surface area contributed by atoms with E-state index in [0.29, 0.717) is 19.7 Å². The van der Waals surface area contributed by atoms with E-state index in [0.717, 1.165) is 35.7 Å². The van der Waals surface area contributed by atoms with E-state index in [1.54, 1.807) is 16.8 Å². The second-order valence-corrected chi connectivity index (χ2v) is 7.75. The van der Waals surface area contributed by atoms with Gasteiger partial charge in [0.05, 0.1) is 6.61 Å². The van der Waals surface area contributed by atoms with Crippen molar-refractivity contribution in [3.05, 3.63) is 72.8 Å². The van der Waals surface area contributed by atoms with Crippen LogP contribution < -0.4 is 5.32 Å².